The zero-order valence-electron chi connectivity index (χ0n) is 19.8. The van der Waals surface area contributed by atoms with Crippen molar-refractivity contribution >= 4 is 46.8 Å². The summed E-state index contributed by atoms with van der Waals surface area (Å²) in [6.07, 6.45) is 0.764. The summed E-state index contributed by atoms with van der Waals surface area (Å²) in [4.78, 5) is 28.4. The molecule has 3 aromatic carbocycles. The zero-order valence-corrected chi connectivity index (χ0v) is 22.1. The number of carbonyl (C=O) groups excluding carboxylic acids is 2. The lowest BCUT2D eigenvalue weighted by atomic mass is 10.0. The second-order valence-corrected chi connectivity index (χ2v) is 10.1. The molecule has 0 saturated heterocycles. The summed E-state index contributed by atoms with van der Waals surface area (Å²) in [6.45, 7) is 2.64. The zero-order chi connectivity index (χ0) is 25.0. The van der Waals surface area contributed by atoms with E-state index in [0.717, 1.165) is 16.9 Å². The van der Waals surface area contributed by atoms with Gasteiger partial charge in [0.2, 0.25) is 11.8 Å². The monoisotopic (exact) mass is 528 g/mol. The second-order valence-electron chi connectivity index (χ2n) is 8.16. The summed E-state index contributed by atoms with van der Waals surface area (Å²) < 4.78 is 0. The fourth-order valence-electron chi connectivity index (χ4n) is 3.75. The summed E-state index contributed by atoms with van der Waals surface area (Å²) in [5.74, 6) is 1.27. The maximum absolute atomic E-state index is 13.5. The lowest BCUT2D eigenvalue weighted by Crippen LogP contribution is -2.50. The highest BCUT2D eigenvalue weighted by Gasteiger charge is 2.30. The third-order valence-electron chi connectivity index (χ3n) is 5.53. The largest absolute Gasteiger partial charge is 0.355 e. The molecule has 0 aliphatic heterocycles. The van der Waals surface area contributed by atoms with Gasteiger partial charge in [-0.05, 0) is 35.7 Å². The topological polar surface area (TPSA) is 49.4 Å². The van der Waals surface area contributed by atoms with E-state index < -0.39 is 6.04 Å². The van der Waals surface area contributed by atoms with E-state index in [-0.39, 0.29) is 18.4 Å². The predicted octanol–water partition coefficient (Wildman–Crippen LogP) is 6.39. The SMILES string of the molecule is CCNC(=O)C(Cc1ccccc1)N(Cc1ccc(Cl)c(Cl)c1)C(=O)CCSCc1ccccc1. The predicted molar refractivity (Wildman–Crippen MR) is 147 cm³/mol. The van der Waals surface area contributed by atoms with E-state index in [1.165, 1.54) is 5.56 Å². The maximum Gasteiger partial charge on any atom is 0.243 e. The number of nitrogens with zero attached hydrogens (tertiary/aromatic N) is 1. The molecular weight excluding hydrogens is 499 g/mol. The molecule has 0 spiro atoms. The van der Waals surface area contributed by atoms with Crippen LogP contribution in [0.15, 0.2) is 78.9 Å². The van der Waals surface area contributed by atoms with Gasteiger partial charge in [0.1, 0.15) is 6.04 Å². The number of rotatable bonds is 12. The molecule has 0 fully saturated rings. The standard InChI is InChI=1S/C28H30Cl2N2O2S/c1-2-31-28(34)26(18-21-9-5-3-6-10-21)32(19-23-13-14-24(29)25(30)17-23)27(33)15-16-35-20-22-11-7-4-8-12-22/h3-14,17,26H,2,15-16,18-20H2,1H3,(H,31,34). The second kappa shape index (κ2) is 14.2. The van der Waals surface area contributed by atoms with E-state index in [0.29, 0.717) is 35.2 Å². The van der Waals surface area contributed by atoms with Crippen molar-refractivity contribution in [2.45, 2.75) is 38.1 Å². The van der Waals surface area contributed by atoms with Gasteiger partial charge in [-0.3, -0.25) is 9.59 Å². The van der Waals surface area contributed by atoms with E-state index in [1.807, 2.05) is 61.5 Å². The van der Waals surface area contributed by atoms with E-state index in [1.54, 1.807) is 28.8 Å². The van der Waals surface area contributed by atoms with Crippen molar-refractivity contribution in [1.29, 1.82) is 0 Å². The Kier molecular flexibility index (Phi) is 11.0. The van der Waals surface area contributed by atoms with Gasteiger partial charge in [-0.1, -0.05) is 89.9 Å². The molecule has 0 heterocycles. The normalized spacial score (nSPS) is 11.6. The number of halogens is 2. The third kappa shape index (κ3) is 8.60. The quantitative estimate of drug-likeness (QED) is 0.277. The highest BCUT2D eigenvalue weighted by molar-refractivity contribution is 7.98. The Morgan fingerprint density at radius 1 is 0.886 bits per heavy atom. The lowest BCUT2D eigenvalue weighted by Gasteiger charge is -2.31. The van der Waals surface area contributed by atoms with Crippen LogP contribution in [-0.2, 0) is 28.3 Å². The maximum atomic E-state index is 13.5. The van der Waals surface area contributed by atoms with Crippen LogP contribution < -0.4 is 5.32 Å². The minimum atomic E-state index is -0.640. The van der Waals surface area contributed by atoms with Crippen LogP contribution in [0.3, 0.4) is 0 Å². The van der Waals surface area contributed by atoms with Gasteiger partial charge in [-0.25, -0.2) is 0 Å². The third-order valence-corrected chi connectivity index (χ3v) is 7.30. The molecular formula is C28H30Cl2N2O2S. The fraction of sp³-hybridized carbons (Fsp3) is 0.286. The van der Waals surface area contributed by atoms with Crippen molar-refractivity contribution in [3.63, 3.8) is 0 Å². The number of likely N-dealkylation sites (N-methyl/N-ethyl adjacent to an activating group) is 1. The Morgan fingerprint density at radius 3 is 2.17 bits per heavy atom. The van der Waals surface area contributed by atoms with E-state index >= 15 is 0 Å². The Balaban J connectivity index is 1.79. The average molecular weight is 530 g/mol. The van der Waals surface area contributed by atoms with Gasteiger partial charge in [-0.2, -0.15) is 11.8 Å². The van der Waals surface area contributed by atoms with Gasteiger partial charge < -0.3 is 10.2 Å². The van der Waals surface area contributed by atoms with Crippen LogP contribution in [-0.4, -0.2) is 35.1 Å². The van der Waals surface area contributed by atoms with Gasteiger partial charge >= 0.3 is 0 Å². The Morgan fingerprint density at radius 2 is 1.54 bits per heavy atom. The molecule has 1 N–H and O–H groups in total. The van der Waals surface area contributed by atoms with Crippen LogP contribution in [0.5, 0.6) is 0 Å². The molecule has 0 radical (unpaired) electrons. The Bertz CT molecular complexity index is 1100. The number of hydrogen-bond donors (Lipinski definition) is 1. The number of nitrogens with one attached hydrogen (secondary N) is 1. The van der Waals surface area contributed by atoms with E-state index in [4.69, 9.17) is 23.2 Å². The van der Waals surface area contributed by atoms with Crippen molar-refractivity contribution in [3.8, 4) is 0 Å². The summed E-state index contributed by atoms with van der Waals surface area (Å²) in [6, 6.07) is 24.6. The molecule has 35 heavy (non-hydrogen) atoms. The Labute approximate surface area is 222 Å². The van der Waals surface area contributed by atoms with Crippen LogP contribution in [0.2, 0.25) is 10.0 Å². The number of hydrogen-bond acceptors (Lipinski definition) is 3. The minimum Gasteiger partial charge on any atom is -0.355 e. The summed E-state index contributed by atoms with van der Waals surface area (Å²) >= 11 is 14.0. The average Bonchev–Trinajstić information content (AvgIpc) is 2.87. The number of benzene rings is 3. The summed E-state index contributed by atoms with van der Waals surface area (Å²) in [7, 11) is 0. The van der Waals surface area contributed by atoms with Crippen molar-refractivity contribution in [3.05, 3.63) is 106 Å². The van der Waals surface area contributed by atoms with Crippen LogP contribution in [0, 0.1) is 0 Å². The first-order chi connectivity index (χ1) is 17.0. The molecule has 0 saturated carbocycles. The first-order valence-corrected chi connectivity index (χ1v) is 13.6. The minimum absolute atomic E-state index is 0.0659. The van der Waals surface area contributed by atoms with Crippen LogP contribution >= 0.6 is 35.0 Å². The van der Waals surface area contributed by atoms with Crippen molar-refractivity contribution in [2.24, 2.45) is 0 Å². The lowest BCUT2D eigenvalue weighted by molar-refractivity contribution is -0.140. The molecule has 184 valence electrons. The molecule has 4 nitrogen and oxygen atoms in total. The van der Waals surface area contributed by atoms with Gasteiger partial charge in [0.15, 0.2) is 0 Å². The molecule has 0 aromatic heterocycles. The molecule has 2 amide bonds. The number of carbonyl (C=O) groups is 2. The van der Waals surface area contributed by atoms with Gasteiger partial charge in [0.05, 0.1) is 10.0 Å². The van der Waals surface area contributed by atoms with Crippen LogP contribution in [0.4, 0.5) is 0 Å². The molecule has 3 rings (SSSR count). The van der Waals surface area contributed by atoms with Crippen molar-refractivity contribution in [2.75, 3.05) is 12.3 Å². The fourth-order valence-corrected chi connectivity index (χ4v) is 4.96. The van der Waals surface area contributed by atoms with Gasteiger partial charge in [0, 0.05) is 37.4 Å². The number of thioether (sulfide) groups is 1. The summed E-state index contributed by atoms with van der Waals surface area (Å²) in [5.41, 5.74) is 3.04. The molecule has 1 unspecified atom stereocenters. The van der Waals surface area contributed by atoms with E-state index in [2.05, 4.69) is 17.4 Å². The molecule has 0 bridgehead atoms. The molecule has 1 atom stereocenters. The first kappa shape index (κ1) is 27.1. The van der Waals surface area contributed by atoms with Crippen LogP contribution in [0.25, 0.3) is 0 Å². The molecule has 0 aliphatic carbocycles. The summed E-state index contributed by atoms with van der Waals surface area (Å²) in [5, 5.41) is 3.79. The Hall–Kier alpha value is -2.47. The van der Waals surface area contributed by atoms with E-state index in [9.17, 15) is 9.59 Å². The molecule has 0 aliphatic rings. The van der Waals surface area contributed by atoms with Gasteiger partial charge in [-0.15, -0.1) is 0 Å². The molecule has 7 heteroatoms. The smallest absolute Gasteiger partial charge is 0.243 e. The van der Waals surface area contributed by atoms with Crippen molar-refractivity contribution in [1.82, 2.24) is 10.2 Å². The van der Waals surface area contributed by atoms with Crippen LogP contribution in [0.1, 0.15) is 30.0 Å². The highest BCUT2D eigenvalue weighted by atomic mass is 35.5. The van der Waals surface area contributed by atoms with Gasteiger partial charge in [0.25, 0.3) is 0 Å². The highest BCUT2D eigenvalue weighted by Crippen LogP contribution is 2.25. The first-order valence-electron chi connectivity index (χ1n) is 11.6. The number of amides is 2. The molecule has 3 aromatic rings. The van der Waals surface area contributed by atoms with Crippen molar-refractivity contribution < 1.29 is 9.59 Å².